The molecule has 1 aromatic carbocycles. The molecule has 2 aromatic rings. The van der Waals surface area contributed by atoms with Crippen molar-refractivity contribution in [3.63, 3.8) is 0 Å². The first-order valence-corrected chi connectivity index (χ1v) is 7.28. The molecule has 1 N–H and O–H groups in total. The highest BCUT2D eigenvalue weighted by Crippen LogP contribution is 2.06. The van der Waals surface area contributed by atoms with Gasteiger partial charge in [-0.1, -0.05) is 18.2 Å². The number of hydrogen-bond donors (Lipinski definition) is 1. The van der Waals surface area contributed by atoms with Crippen molar-refractivity contribution in [2.75, 3.05) is 30.4 Å². The molecule has 0 atom stereocenters. The maximum atomic E-state index is 12.0. The summed E-state index contributed by atoms with van der Waals surface area (Å²) in [4.78, 5) is 14.0. The number of benzene rings is 1. The van der Waals surface area contributed by atoms with Gasteiger partial charge in [-0.3, -0.25) is 4.79 Å². The third kappa shape index (κ3) is 4.34. The van der Waals surface area contributed by atoms with E-state index in [2.05, 4.69) is 10.4 Å². The molecule has 5 heteroatoms. The highest BCUT2D eigenvalue weighted by atomic mass is 16.1. The number of nitrogens with zero attached hydrogens (tertiary/aromatic N) is 3. The van der Waals surface area contributed by atoms with Crippen molar-refractivity contribution in [1.82, 2.24) is 9.78 Å². The lowest BCUT2D eigenvalue weighted by Gasteiger charge is -2.16. The lowest BCUT2D eigenvalue weighted by Crippen LogP contribution is -2.26. The van der Waals surface area contributed by atoms with Crippen LogP contribution in [0.1, 0.15) is 13.3 Å². The summed E-state index contributed by atoms with van der Waals surface area (Å²) in [7, 11) is 1.95. The van der Waals surface area contributed by atoms with Gasteiger partial charge in [-0.25, -0.2) is 4.68 Å². The molecule has 0 saturated carbocycles. The van der Waals surface area contributed by atoms with Crippen LogP contribution >= 0.6 is 0 Å². The average molecular weight is 286 g/mol. The highest BCUT2D eigenvalue weighted by molar-refractivity contribution is 5.42. The second-order valence-electron chi connectivity index (χ2n) is 4.94. The van der Waals surface area contributed by atoms with Crippen LogP contribution in [-0.4, -0.2) is 29.9 Å². The van der Waals surface area contributed by atoms with Crippen LogP contribution in [0.2, 0.25) is 0 Å². The Morgan fingerprint density at radius 3 is 2.71 bits per heavy atom. The number of anilines is 2. The number of hydrogen-bond acceptors (Lipinski definition) is 4. The van der Waals surface area contributed by atoms with E-state index in [-0.39, 0.29) is 5.56 Å². The molecular weight excluding hydrogens is 264 g/mol. The topological polar surface area (TPSA) is 50.2 Å². The maximum absolute atomic E-state index is 12.0. The standard InChI is InChI=1S/C16H22N4O/c1-3-19(2)15-12-16(21)20(18-13-15)11-7-10-17-14-8-5-4-6-9-14/h4-6,8-9,12-13,17H,3,7,10-11H2,1-2H3. The number of rotatable bonds is 7. The van der Waals surface area contributed by atoms with E-state index in [9.17, 15) is 4.79 Å². The van der Waals surface area contributed by atoms with Gasteiger partial charge in [0.15, 0.2) is 0 Å². The smallest absolute Gasteiger partial charge is 0.268 e. The first-order chi connectivity index (χ1) is 10.2. The number of para-hydroxylation sites is 1. The number of nitrogens with one attached hydrogen (secondary N) is 1. The summed E-state index contributed by atoms with van der Waals surface area (Å²) >= 11 is 0. The van der Waals surface area contributed by atoms with E-state index < -0.39 is 0 Å². The van der Waals surface area contributed by atoms with Crippen molar-refractivity contribution in [3.8, 4) is 0 Å². The lowest BCUT2D eigenvalue weighted by molar-refractivity contribution is 0.558. The van der Waals surface area contributed by atoms with Crippen molar-refractivity contribution in [2.24, 2.45) is 0 Å². The van der Waals surface area contributed by atoms with E-state index in [1.807, 2.05) is 49.2 Å². The fraction of sp³-hybridized carbons (Fsp3) is 0.375. The van der Waals surface area contributed by atoms with Gasteiger partial charge in [-0.15, -0.1) is 0 Å². The summed E-state index contributed by atoms with van der Waals surface area (Å²) in [5.74, 6) is 0. The van der Waals surface area contributed by atoms with E-state index in [0.29, 0.717) is 6.54 Å². The van der Waals surface area contributed by atoms with Gasteiger partial charge in [0.05, 0.1) is 11.9 Å². The number of aromatic nitrogens is 2. The molecule has 0 bridgehead atoms. The van der Waals surface area contributed by atoms with Crippen LogP contribution in [0, 0.1) is 0 Å². The monoisotopic (exact) mass is 286 g/mol. The summed E-state index contributed by atoms with van der Waals surface area (Å²) in [6.07, 6.45) is 2.60. The zero-order valence-corrected chi connectivity index (χ0v) is 12.6. The van der Waals surface area contributed by atoms with Gasteiger partial charge in [0.2, 0.25) is 0 Å². The molecule has 0 unspecified atom stereocenters. The zero-order valence-electron chi connectivity index (χ0n) is 12.6. The fourth-order valence-corrected chi connectivity index (χ4v) is 2.00. The second-order valence-corrected chi connectivity index (χ2v) is 4.94. The van der Waals surface area contributed by atoms with E-state index in [1.165, 1.54) is 4.68 Å². The minimum atomic E-state index is -0.0486. The van der Waals surface area contributed by atoms with Crippen LogP contribution in [0.3, 0.4) is 0 Å². The molecule has 0 spiro atoms. The summed E-state index contributed by atoms with van der Waals surface area (Å²) in [5.41, 5.74) is 1.91. The van der Waals surface area contributed by atoms with Gasteiger partial charge in [0.25, 0.3) is 5.56 Å². The summed E-state index contributed by atoms with van der Waals surface area (Å²) in [5, 5.41) is 7.55. The Labute approximate surface area is 125 Å². The minimum Gasteiger partial charge on any atom is -0.385 e. The molecule has 0 radical (unpaired) electrons. The van der Waals surface area contributed by atoms with Crippen LogP contribution in [0.4, 0.5) is 11.4 Å². The molecule has 0 aliphatic heterocycles. The SMILES string of the molecule is CCN(C)c1cnn(CCCNc2ccccc2)c(=O)c1. The van der Waals surface area contributed by atoms with E-state index >= 15 is 0 Å². The Hall–Kier alpha value is -2.30. The third-order valence-electron chi connectivity index (χ3n) is 3.42. The van der Waals surface area contributed by atoms with Crippen LogP contribution in [0.15, 0.2) is 47.4 Å². The van der Waals surface area contributed by atoms with Gasteiger partial charge in [0, 0.05) is 38.4 Å². The van der Waals surface area contributed by atoms with Crippen molar-refractivity contribution in [3.05, 3.63) is 52.9 Å². The largest absolute Gasteiger partial charge is 0.385 e. The van der Waals surface area contributed by atoms with Crippen LogP contribution < -0.4 is 15.8 Å². The molecule has 1 aromatic heterocycles. The molecule has 112 valence electrons. The zero-order chi connectivity index (χ0) is 15.1. The van der Waals surface area contributed by atoms with Crippen molar-refractivity contribution in [1.29, 1.82) is 0 Å². The molecule has 0 amide bonds. The quantitative estimate of drug-likeness (QED) is 0.793. The first-order valence-electron chi connectivity index (χ1n) is 7.28. The van der Waals surface area contributed by atoms with Gasteiger partial charge < -0.3 is 10.2 Å². The maximum Gasteiger partial charge on any atom is 0.268 e. The second kappa shape index (κ2) is 7.47. The van der Waals surface area contributed by atoms with Crippen molar-refractivity contribution >= 4 is 11.4 Å². The molecule has 0 aliphatic rings. The van der Waals surface area contributed by atoms with Crippen LogP contribution in [0.25, 0.3) is 0 Å². The predicted molar refractivity (Wildman–Crippen MR) is 87.0 cm³/mol. The number of aryl methyl sites for hydroxylation is 1. The predicted octanol–water partition coefficient (Wildman–Crippen LogP) is 2.20. The van der Waals surface area contributed by atoms with E-state index in [4.69, 9.17) is 0 Å². The molecular formula is C16H22N4O. The molecule has 5 nitrogen and oxygen atoms in total. The van der Waals surface area contributed by atoms with Crippen LogP contribution in [-0.2, 0) is 6.54 Å². The fourth-order valence-electron chi connectivity index (χ4n) is 2.00. The molecule has 21 heavy (non-hydrogen) atoms. The van der Waals surface area contributed by atoms with Gasteiger partial charge in [-0.2, -0.15) is 5.10 Å². The van der Waals surface area contributed by atoms with E-state index in [1.54, 1.807) is 12.3 Å². The first kappa shape index (κ1) is 15.1. The summed E-state index contributed by atoms with van der Waals surface area (Å²) < 4.78 is 1.51. The third-order valence-corrected chi connectivity index (χ3v) is 3.42. The summed E-state index contributed by atoms with van der Waals surface area (Å²) in [6, 6.07) is 11.7. The summed E-state index contributed by atoms with van der Waals surface area (Å²) in [6.45, 7) is 4.33. The lowest BCUT2D eigenvalue weighted by atomic mass is 10.3. The Morgan fingerprint density at radius 2 is 2.05 bits per heavy atom. The molecule has 0 fully saturated rings. The average Bonchev–Trinajstić information content (AvgIpc) is 2.53. The van der Waals surface area contributed by atoms with Gasteiger partial charge in [-0.05, 0) is 25.5 Å². The minimum absolute atomic E-state index is 0.0486. The molecule has 0 saturated heterocycles. The van der Waals surface area contributed by atoms with Gasteiger partial charge in [0.1, 0.15) is 0 Å². The molecule has 2 rings (SSSR count). The van der Waals surface area contributed by atoms with Gasteiger partial charge >= 0.3 is 0 Å². The Bertz CT molecular complexity index is 609. The molecule has 1 heterocycles. The Morgan fingerprint density at radius 1 is 1.29 bits per heavy atom. The van der Waals surface area contributed by atoms with Crippen LogP contribution in [0.5, 0.6) is 0 Å². The Balaban J connectivity index is 1.85. The Kier molecular flexibility index (Phi) is 5.37. The highest BCUT2D eigenvalue weighted by Gasteiger charge is 2.03. The van der Waals surface area contributed by atoms with Crippen molar-refractivity contribution in [2.45, 2.75) is 19.9 Å². The molecule has 0 aliphatic carbocycles. The normalized spacial score (nSPS) is 10.4. The van der Waals surface area contributed by atoms with Crippen molar-refractivity contribution < 1.29 is 0 Å². The van der Waals surface area contributed by atoms with E-state index in [0.717, 1.165) is 30.9 Å².